The third-order valence-electron chi connectivity index (χ3n) is 4.37. The van der Waals surface area contributed by atoms with Gasteiger partial charge in [0, 0.05) is 12.0 Å². The van der Waals surface area contributed by atoms with Crippen LogP contribution < -0.4 is 5.32 Å². The van der Waals surface area contributed by atoms with E-state index in [0.29, 0.717) is 23.8 Å². The zero-order valence-electron chi connectivity index (χ0n) is 9.52. The van der Waals surface area contributed by atoms with Gasteiger partial charge in [0.15, 0.2) is 0 Å². The maximum absolute atomic E-state index is 10.2. The lowest BCUT2D eigenvalue weighted by molar-refractivity contribution is -0.0468. The van der Waals surface area contributed by atoms with Gasteiger partial charge in [0.05, 0.1) is 11.6 Å². The Morgan fingerprint density at radius 2 is 1.87 bits per heavy atom. The predicted octanol–water partition coefficient (Wildman–Crippen LogP) is 1.96. The van der Waals surface area contributed by atoms with E-state index in [1.165, 1.54) is 19.3 Å². The zero-order chi connectivity index (χ0) is 11.0. The molecule has 2 rings (SSSR count). The van der Waals surface area contributed by atoms with E-state index in [0.717, 1.165) is 5.92 Å². The van der Waals surface area contributed by atoms with Crippen molar-refractivity contribution in [2.75, 3.05) is 0 Å². The lowest BCUT2D eigenvalue weighted by Crippen LogP contribution is -2.54. The third-order valence-corrected chi connectivity index (χ3v) is 4.51. The molecular weight excluding hydrogens is 206 g/mol. The summed E-state index contributed by atoms with van der Waals surface area (Å²) in [6.45, 7) is 4.45. The van der Waals surface area contributed by atoms with Crippen LogP contribution in [0.15, 0.2) is 0 Å². The number of hydrogen-bond acceptors (Lipinski definition) is 2. The van der Waals surface area contributed by atoms with Gasteiger partial charge in [-0.25, -0.2) is 0 Å². The Kier molecular flexibility index (Phi) is 3.31. The Labute approximate surface area is 97.4 Å². The maximum Gasteiger partial charge on any atom is 0.0617 e. The van der Waals surface area contributed by atoms with E-state index >= 15 is 0 Å². The minimum atomic E-state index is -0.142. The highest BCUT2D eigenvalue weighted by Crippen LogP contribution is 2.44. The molecule has 2 nitrogen and oxygen atoms in total. The summed E-state index contributed by atoms with van der Waals surface area (Å²) in [5.41, 5.74) is 1.62. The van der Waals surface area contributed by atoms with Crippen molar-refractivity contribution in [1.29, 1.82) is 0 Å². The third kappa shape index (κ3) is 2.04. The van der Waals surface area contributed by atoms with E-state index in [2.05, 4.69) is 19.2 Å². The normalized spacial score (nSPS) is 49.8. The summed E-state index contributed by atoms with van der Waals surface area (Å²) in [5, 5.41) is 13.5. The van der Waals surface area contributed by atoms with Crippen LogP contribution in [0.4, 0.5) is 0 Å². The van der Waals surface area contributed by atoms with Crippen LogP contribution in [0.25, 0.3) is 0 Å². The number of nitrogens with one attached hydrogen (secondary N) is 1. The van der Waals surface area contributed by atoms with Gasteiger partial charge in [-0.15, -0.1) is 0 Å². The van der Waals surface area contributed by atoms with Crippen molar-refractivity contribution in [2.24, 2.45) is 23.7 Å². The monoisotopic (exact) mass is 227 g/mol. The molecule has 6 atom stereocenters. The molecule has 2 saturated carbocycles. The van der Waals surface area contributed by atoms with Gasteiger partial charge in [-0.3, -0.25) is 0 Å². The molecule has 0 amide bonds. The fraction of sp³-hybridized carbons (Fsp3) is 0.917. The quantitative estimate of drug-likeness (QED) is 0.707. The van der Waals surface area contributed by atoms with Gasteiger partial charge in [-0.2, -0.15) is 0 Å². The Morgan fingerprint density at radius 3 is 2.53 bits per heavy atom. The van der Waals surface area contributed by atoms with Crippen LogP contribution >= 0.6 is 12.2 Å². The summed E-state index contributed by atoms with van der Waals surface area (Å²) in [6.07, 6.45) is 3.52. The fourth-order valence-corrected chi connectivity index (χ4v) is 3.88. The van der Waals surface area contributed by atoms with Crippen LogP contribution in [0.2, 0.25) is 0 Å². The van der Waals surface area contributed by atoms with Gasteiger partial charge < -0.3 is 10.4 Å². The van der Waals surface area contributed by atoms with E-state index in [9.17, 15) is 5.11 Å². The predicted molar refractivity (Wildman–Crippen MR) is 65.7 cm³/mol. The van der Waals surface area contributed by atoms with E-state index < -0.39 is 0 Å². The average Bonchev–Trinajstić information content (AvgIpc) is 2.19. The second-order valence-electron chi connectivity index (χ2n) is 5.49. The molecule has 2 N–H and O–H groups in total. The summed E-state index contributed by atoms with van der Waals surface area (Å²) in [7, 11) is 0. The number of rotatable bonds is 2. The van der Waals surface area contributed by atoms with Gasteiger partial charge >= 0.3 is 0 Å². The van der Waals surface area contributed by atoms with E-state index in [4.69, 9.17) is 12.2 Å². The number of hydrogen-bond donors (Lipinski definition) is 2. The molecule has 15 heavy (non-hydrogen) atoms. The van der Waals surface area contributed by atoms with E-state index in [1.54, 1.807) is 5.49 Å². The topological polar surface area (TPSA) is 32.3 Å². The molecule has 0 aromatic carbocycles. The van der Waals surface area contributed by atoms with Gasteiger partial charge in [0.1, 0.15) is 0 Å². The van der Waals surface area contributed by atoms with Crippen LogP contribution in [-0.2, 0) is 0 Å². The summed E-state index contributed by atoms with van der Waals surface area (Å²) in [4.78, 5) is 0. The average molecular weight is 227 g/mol. The highest BCUT2D eigenvalue weighted by molar-refractivity contribution is 7.78. The van der Waals surface area contributed by atoms with Gasteiger partial charge in [-0.1, -0.05) is 26.1 Å². The van der Waals surface area contributed by atoms with Gasteiger partial charge in [0.25, 0.3) is 0 Å². The first-order valence-electron chi connectivity index (χ1n) is 6.01. The molecule has 0 radical (unpaired) electrons. The van der Waals surface area contributed by atoms with E-state index in [1.807, 2.05) is 0 Å². The largest absolute Gasteiger partial charge is 0.392 e. The molecule has 0 heterocycles. The Morgan fingerprint density at radius 1 is 1.20 bits per heavy atom. The summed E-state index contributed by atoms with van der Waals surface area (Å²) < 4.78 is 0. The van der Waals surface area contributed by atoms with Crippen LogP contribution in [0, 0.1) is 23.7 Å². The number of fused-ring (bicyclic) bond motifs is 2. The van der Waals surface area contributed by atoms with Gasteiger partial charge in [-0.05, 0) is 37.0 Å². The Bertz CT molecular complexity index is 246. The molecule has 2 aliphatic rings. The molecule has 0 aliphatic heterocycles. The van der Waals surface area contributed by atoms with Crippen molar-refractivity contribution in [3.8, 4) is 0 Å². The van der Waals surface area contributed by atoms with Crippen molar-refractivity contribution < 1.29 is 5.11 Å². The molecule has 0 saturated heterocycles. The molecule has 6 unspecified atom stereocenters. The Hall–Kier alpha value is -0.150. The molecule has 2 aliphatic carbocycles. The first kappa shape index (κ1) is 11.3. The minimum Gasteiger partial charge on any atom is -0.392 e. The van der Waals surface area contributed by atoms with Crippen molar-refractivity contribution in [3.63, 3.8) is 0 Å². The lowest BCUT2D eigenvalue weighted by Gasteiger charge is -2.49. The van der Waals surface area contributed by atoms with Gasteiger partial charge in [0.2, 0.25) is 0 Å². The molecule has 0 aromatic heterocycles. The van der Waals surface area contributed by atoms with Crippen molar-refractivity contribution in [3.05, 3.63) is 0 Å². The van der Waals surface area contributed by atoms with Crippen molar-refractivity contribution in [1.82, 2.24) is 5.32 Å². The minimum absolute atomic E-state index is 0.142. The molecular formula is C12H21NOS. The zero-order valence-corrected chi connectivity index (χ0v) is 10.3. The first-order chi connectivity index (χ1) is 7.13. The molecule has 3 heteroatoms. The summed E-state index contributed by atoms with van der Waals surface area (Å²) >= 11 is 4.88. The van der Waals surface area contributed by atoms with Crippen LogP contribution in [0.1, 0.15) is 33.1 Å². The fourth-order valence-electron chi connectivity index (χ4n) is 3.72. The second-order valence-corrected chi connectivity index (χ2v) is 5.73. The molecule has 0 aromatic rings. The van der Waals surface area contributed by atoms with Crippen LogP contribution in [0.5, 0.6) is 0 Å². The van der Waals surface area contributed by atoms with Crippen molar-refractivity contribution in [2.45, 2.75) is 45.3 Å². The van der Waals surface area contributed by atoms with E-state index in [-0.39, 0.29) is 6.10 Å². The number of aliphatic hydroxyl groups is 1. The summed E-state index contributed by atoms with van der Waals surface area (Å²) in [5.74, 6) is 2.32. The lowest BCUT2D eigenvalue weighted by atomic mass is 9.61. The molecule has 2 bridgehead atoms. The Balaban J connectivity index is 2.14. The van der Waals surface area contributed by atoms with Crippen LogP contribution in [0.3, 0.4) is 0 Å². The maximum atomic E-state index is 10.2. The first-order valence-corrected chi connectivity index (χ1v) is 6.48. The molecule has 0 spiro atoms. The second kappa shape index (κ2) is 4.38. The smallest absolute Gasteiger partial charge is 0.0617 e. The van der Waals surface area contributed by atoms with Crippen molar-refractivity contribution >= 4 is 17.7 Å². The SMILES string of the molecule is CC1CC2CC(C)C(NC=S)C(C2)C1O. The molecule has 2 fully saturated rings. The summed E-state index contributed by atoms with van der Waals surface area (Å²) in [6, 6.07) is 0.386. The highest BCUT2D eigenvalue weighted by Gasteiger charge is 2.44. The number of aliphatic hydroxyl groups excluding tert-OH is 1. The molecule has 86 valence electrons. The standard InChI is InChI=1S/C12H21NOS/c1-7-3-9-4-8(2)12(14)10(5-9)11(7)13-6-15/h6-12,14H,3-5H2,1-2H3,(H,13,15). The number of thiocarbonyl (C=S) groups is 1. The van der Waals surface area contributed by atoms with Crippen LogP contribution in [-0.4, -0.2) is 22.7 Å². The highest BCUT2D eigenvalue weighted by atomic mass is 32.1.